The zero-order valence-corrected chi connectivity index (χ0v) is 17.6. The predicted octanol–water partition coefficient (Wildman–Crippen LogP) is 4.59. The molecule has 1 N–H and O–H groups in total. The summed E-state index contributed by atoms with van der Waals surface area (Å²) < 4.78 is 10.1. The Balaban J connectivity index is 1.33. The minimum absolute atomic E-state index is 0.0899. The van der Waals surface area contributed by atoms with Gasteiger partial charge in [-0.05, 0) is 49.2 Å². The molecule has 0 spiro atoms. The molecule has 1 aliphatic rings. The molecule has 9 heteroatoms. The van der Waals surface area contributed by atoms with Gasteiger partial charge in [0.25, 0.3) is 0 Å². The molecule has 4 rings (SSSR count). The largest absolute Gasteiger partial charge is 0.465 e. The van der Waals surface area contributed by atoms with Crippen molar-refractivity contribution in [2.45, 2.75) is 18.8 Å². The van der Waals surface area contributed by atoms with E-state index in [9.17, 15) is 9.59 Å². The lowest BCUT2D eigenvalue weighted by molar-refractivity contribution is 0.0600. The third kappa shape index (κ3) is 4.69. The van der Waals surface area contributed by atoms with Gasteiger partial charge in [-0.3, -0.25) is 0 Å². The normalized spacial score (nSPS) is 14.3. The van der Waals surface area contributed by atoms with Crippen LogP contribution in [0.3, 0.4) is 0 Å². The van der Waals surface area contributed by atoms with Crippen LogP contribution < -0.4 is 5.32 Å². The van der Waals surface area contributed by atoms with Crippen molar-refractivity contribution in [2.24, 2.45) is 0 Å². The Morgan fingerprint density at radius 1 is 1.13 bits per heavy atom. The van der Waals surface area contributed by atoms with Gasteiger partial charge >= 0.3 is 12.0 Å². The quantitative estimate of drug-likeness (QED) is 0.596. The number of piperidine rings is 1. The third-order valence-corrected chi connectivity index (χ3v) is 5.57. The van der Waals surface area contributed by atoms with Crippen LogP contribution in [0.4, 0.5) is 10.5 Å². The molecule has 2 heterocycles. The van der Waals surface area contributed by atoms with Crippen LogP contribution >= 0.6 is 11.6 Å². The summed E-state index contributed by atoms with van der Waals surface area (Å²) in [5.74, 6) is 0.704. The van der Waals surface area contributed by atoms with Crippen LogP contribution in [-0.2, 0) is 4.74 Å². The number of esters is 1. The second-order valence-corrected chi connectivity index (χ2v) is 7.60. The molecular weight excluding hydrogens is 420 g/mol. The van der Waals surface area contributed by atoms with Gasteiger partial charge in [-0.2, -0.15) is 4.98 Å². The van der Waals surface area contributed by atoms with Crippen LogP contribution in [0.5, 0.6) is 0 Å². The average Bonchev–Trinajstić information content (AvgIpc) is 3.29. The first-order chi connectivity index (χ1) is 15.0. The number of carbonyl (C=O) groups excluding carboxylic acids is 2. The molecule has 0 radical (unpaired) electrons. The monoisotopic (exact) mass is 440 g/mol. The van der Waals surface area contributed by atoms with E-state index in [1.54, 1.807) is 35.2 Å². The number of carbonyl (C=O) groups is 2. The fourth-order valence-corrected chi connectivity index (χ4v) is 3.71. The number of rotatable bonds is 4. The minimum Gasteiger partial charge on any atom is -0.465 e. The number of hydrogen-bond acceptors (Lipinski definition) is 6. The molecule has 0 unspecified atom stereocenters. The molecule has 0 bridgehead atoms. The summed E-state index contributed by atoms with van der Waals surface area (Å²) in [4.78, 5) is 30.3. The number of nitrogens with one attached hydrogen (secondary N) is 1. The standard InChI is InChI=1S/C22H21ClN4O4/c1-30-21(28)15-6-8-16(9-7-15)24-22(29)27-12-10-14(11-13-27)20-25-19(26-31-20)17-4-2-3-5-18(17)23/h2-9,14H,10-13H2,1H3,(H,24,29). The number of urea groups is 1. The molecule has 8 nitrogen and oxygen atoms in total. The highest BCUT2D eigenvalue weighted by Gasteiger charge is 2.28. The van der Waals surface area contributed by atoms with E-state index in [1.165, 1.54) is 7.11 Å². The fraction of sp³-hybridized carbons (Fsp3) is 0.273. The molecule has 31 heavy (non-hydrogen) atoms. The topological polar surface area (TPSA) is 97.6 Å². The van der Waals surface area contributed by atoms with Gasteiger partial charge < -0.3 is 19.5 Å². The van der Waals surface area contributed by atoms with Crippen LogP contribution in [0.15, 0.2) is 53.1 Å². The zero-order valence-electron chi connectivity index (χ0n) is 16.9. The lowest BCUT2D eigenvalue weighted by Gasteiger charge is -2.30. The lowest BCUT2D eigenvalue weighted by Crippen LogP contribution is -2.40. The highest BCUT2D eigenvalue weighted by atomic mass is 35.5. The molecule has 1 aromatic heterocycles. The van der Waals surface area contributed by atoms with Gasteiger partial charge in [0.2, 0.25) is 11.7 Å². The number of likely N-dealkylation sites (tertiary alicyclic amines) is 1. The van der Waals surface area contributed by atoms with Crippen molar-refractivity contribution in [1.29, 1.82) is 0 Å². The van der Waals surface area contributed by atoms with Gasteiger partial charge in [0.05, 0.1) is 17.7 Å². The number of benzene rings is 2. The van der Waals surface area contributed by atoms with Crippen LogP contribution in [0, 0.1) is 0 Å². The van der Waals surface area contributed by atoms with Gasteiger partial charge in [0.15, 0.2) is 0 Å². The van der Waals surface area contributed by atoms with Gasteiger partial charge in [0, 0.05) is 30.3 Å². The average molecular weight is 441 g/mol. The highest BCUT2D eigenvalue weighted by Crippen LogP contribution is 2.30. The summed E-state index contributed by atoms with van der Waals surface area (Å²) in [5, 5.41) is 7.48. The van der Waals surface area contributed by atoms with E-state index in [0.717, 1.165) is 18.4 Å². The first-order valence-electron chi connectivity index (χ1n) is 9.88. The number of methoxy groups -OCH3 is 1. The molecule has 0 saturated carbocycles. The number of hydrogen-bond donors (Lipinski definition) is 1. The van der Waals surface area contributed by atoms with E-state index in [0.29, 0.717) is 41.1 Å². The third-order valence-electron chi connectivity index (χ3n) is 5.25. The Bertz CT molecular complexity index is 1080. The molecule has 160 valence electrons. The summed E-state index contributed by atoms with van der Waals surface area (Å²) >= 11 is 6.21. The molecular formula is C22H21ClN4O4. The molecule has 2 aromatic carbocycles. The van der Waals surface area contributed by atoms with Crippen LogP contribution in [0.1, 0.15) is 35.0 Å². The Morgan fingerprint density at radius 2 is 1.84 bits per heavy atom. The van der Waals surface area contributed by atoms with Crippen molar-refractivity contribution in [3.05, 3.63) is 65.0 Å². The van der Waals surface area contributed by atoms with E-state index in [2.05, 4.69) is 20.2 Å². The number of amides is 2. The van der Waals surface area contributed by atoms with Crippen molar-refractivity contribution in [3.63, 3.8) is 0 Å². The minimum atomic E-state index is -0.418. The number of aromatic nitrogens is 2. The molecule has 1 saturated heterocycles. The maximum atomic E-state index is 12.6. The molecule has 2 amide bonds. The van der Waals surface area contributed by atoms with E-state index in [4.69, 9.17) is 16.1 Å². The van der Waals surface area contributed by atoms with E-state index in [-0.39, 0.29) is 11.9 Å². The first-order valence-corrected chi connectivity index (χ1v) is 10.3. The van der Waals surface area contributed by atoms with Gasteiger partial charge in [-0.25, -0.2) is 9.59 Å². The van der Waals surface area contributed by atoms with Crippen LogP contribution in [0.25, 0.3) is 11.4 Å². The van der Waals surface area contributed by atoms with Crippen molar-refractivity contribution in [3.8, 4) is 11.4 Å². The van der Waals surface area contributed by atoms with Crippen LogP contribution in [-0.4, -0.2) is 47.2 Å². The Kier molecular flexibility index (Phi) is 6.18. The van der Waals surface area contributed by atoms with E-state index >= 15 is 0 Å². The second-order valence-electron chi connectivity index (χ2n) is 7.20. The SMILES string of the molecule is COC(=O)c1ccc(NC(=O)N2CCC(c3nc(-c4ccccc4Cl)no3)CC2)cc1. The Hall–Kier alpha value is -3.39. The van der Waals surface area contributed by atoms with Crippen molar-refractivity contribution in [1.82, 2.24) is 15.0 Å². The molecule has 0 atom stereocenters. The van der Waals surface area contributed by atoms with E-state index in [1.807, 2.05) is 18.2 Å². The fourth-order valence-electron chi connectivity index (χ4n) is 3.49. The van der Waals surface area contributed by atoms with Gasteiger partial charge in [-0.1, -0.05) is 28.9 Å². The Morgan fingerprint density at radius 3 is 2.52 bits per heavy atom. The van der Waals surface area contributed by atoms with Gasteiger partial charge in [-0.15, -0.1) is 0 Å². The van der Waals surface area contributed by atoms with Crippen LogP contribution in [0.2, 0.25) is 5.02 Å². The number of nitrogens with zero attached hydrogens (tertiary/aromatic N) is 3. The van der Waals surface area contributed by atoms with Crippen molar-refractivity contribution in [2.75, 3.05) is 25.5 Å². The van der Waals surface area contributed by atoms with E-state index < -0.39 is 5.97 Å². The number of halogens is 1. The summed E-state index contributed by atoms with van der Waals surface area (Å²) in [7, 11) is 1.33. The molecule has 1 aliphatic heterocycles. The number of anilines is 1. The first kappa shape index (κ1) is 20.9. The second kappa shape index (κ2) is 9.18. The highest BCUT2D eigenvalue weighted by molar-refractivity contribution is 6.33. The summed E-state index contributed by atoms with van der Waals surface area (Å²) in [6.07, 6.45) is 1.44. The molecule has 1 fully saturated rings. The van der Waals surface area contributed by atoms with Crippen molar-refractivity contribution < 1.29 is 18.8 Å². The lowest BCUT2D eigenvalue weighted by atomic mass is 9.97. The number of ether oxygens (including phenoxy) is 1. The predicted molar refractivity (Wildman–Crippen MR) is 115 cm³/mol. The maximum Gasteiger partial charge on any atom is 0.337 e. The van der Waals surface area contributed by atoms with Crippen molar-refractivity contribution >= 4 is 29.3 Å². The summed E-state index contributed by atoms with van der Waals surface area (Å²) in [5.41, 5.74) is 1.77. The zero-order chi connectivity index (χ0) is 21.8. The molecule has 3 aromatic rings. The summed E-state index contributed by atoms with van der Waals surface area (Å²) in [6.45, 7) is 1.14. The smallest absolute Gasteiger partial charge is 0.337 e. The van der Waals surface area contributed by atoms with Gasteiger partial charge in [0.1, 0.15) is 0 Å². The Labute approximate surface area is 184 Å². The molecule has 0 aliphatic carbocycles. The maximum absolute atomic E-state index is 12.6. The summed E-state index contributed by atoms with van der Waals surface area (Å²) in [6, 6.07) is 13.7.